The number of hydrogen-bond acceptors (Lipinski definition) is 3. The molecule has 3 nitrogen and oxygen atoms in total. The van der Waals surface area contributed by atoms with Crippen LogP contribution in [0.2, 0.25) is 0 Å². The summed E-state index contributed by atoms with van der Waals surface area (Å²) in [4.78, 5) is 4.48. The Balaban J connectivity index is 2.40. The number of nitrogens with zero attached hydrogens (tertiary/aromatic N) is 1. The van der Waals surface area contributed by atoms with Crippen LogP contribution in [-0.2, 0) is 0 Å². The van der Waals surface area contributed by atoms with Crippen LogP contribution in [0, 0.1) is 13.8 Å². The van der Waals surface area contributed by atoms with Crippen molar-refractivity contribution >= 4 is 44.0 Å². The number of hydrogen-bond donors (Lipinski definition) is 2. The number of thiocarbonyl (C=S) groups is 1. The van der Waals surface area contributed by atoms with Gasteiger partial charge in [0.25, 0.3) is 0 Å². The number of fused-ring (bicyclic) bond motifs is 1. The average molecular weight is 251 g/mol. The van der Waals surface area contributed by atoms with E-state index in [4.69, 9.17) is 12.2 Å². The molecule has 1 heterocycles. The van der Waals surface area contributed by atoms with Crippen LogP contribution in [0.1, 0.15) is 11.1 Å². The Morgan fingerprint density at radius 1 is 1.31 bits per heavy atom. The van der Waals surface area contributed by atoms with E-state index in [2.05, 4.69) is 41.6 Å². The van der Waals surface area contributed by atoms with Crippen molar-refractivity contribution in [3.63, 3.8) is 0 Å². The van der Waals surface area contributed by atoms with Crippen molar-refractivity contribution in [1.82, 2.24) is 10.3 Å². The molecular weight excluding hydrogens is 238 g/mol. The average Bonchev–Trinajstić information content (AvgIpc) is 2.60. The molecule has 0 fully saturated rings. The highest BCUT2D eigenvalue weighted by atomic mass is 32.1. The maximum atomic E-state index is 5.04. The summed E-state index contributed by atoms with van der Waals surface area (Å²) in [7, 11) is 1.79. The maximum Gasteiger partial charge on any atom is 0.190 e. The lowest BCUT2D eigenvalue weighted by molar-refractivity contribution is 1.19. The Labute approximate surface area is 104 Å². The third kappa shape index (κ3) is 2.15. The van der Waals surface area contributed by atoms with E-state index in [0.29, 0.717) is 5.11 Å². The van der Waals surface area contributed by atoms with Crippen molar-refractivity contribution in [3.8, 4) is 0 Å². The fourth-order valence-electron chi connectivity index (χ4n) is 1.39. The first-order valence-corrected chi connectivity index (χ1v) is 6.19. The van der Waals surface area contributed by atoms with E-state index in [1.54, 1.807) is 18.4 Å². The molecule has 16 heavy (non-hydrogen) atoms. The van der Waals surface area contributed by atoms with E-state index < -0.39 is 0 Å². The minimum Gasteiger partial charge on any atom is -0.365 e. The Bertz CT molecular complexity index is 506. The first-order valence-electron chi connectivity index (χ1n) is 4.96. The molecular formula is C11H13N3S2. The topological polar surface area (TPSA) is 37.0 Å². The van der Waals surface area contributed by atoms with Gasteiger partial charge in [-0.1, -0.05) is 11.3 Å². The normalized spacial score (nSPS) is 10.4. The molecule has 0 saturated heterocycles. The Morgan fingerprint density at radius 2 is 2.00 bits per heavy atom. The smallest absolute Gasteiger partial charge is 0.190 e. The first kappa shape index (κ1) is 11.3. The highest BCUT2D eigenvalue weighted by Crippen LogP contribution is 2.28. The van der Waals surface area contributed by atoms with Gasteiger partial charge in [0.05, 0.1) is 10.2 Å². The second-order valence-electron chi connectivity index (χ2n) is 3.63. The molecule has 2 rings (SSSR count). The van der Waals surface area contributed by atoms with Gasteiger partial charge < -0.3 is 10.6 Å². The summed E-state index contributed by atoms with van der Waals surface area (Å²) < 4.78 is 1.18. The quantitative estimate of drug-likeness (QED) is 0.764. The molecule has 0 spiro atoms. The lowest BCUT2D eigenvalue weighted by atomic mass is 10.1. The molecule has 0 bridgehead atoms. The third-order valence-electron chi connectivity index (χ3n) is 2.45. The fraction of sp³-hybridized carbons (Fsp3) is 0.273. The van der Waals surface area contributed by atoms with Gasteiger partial charge in [0.1, 0.15) is 0 Å². The zero-order valence-electron chi connectivity index (χ0n) is 9.42. The number of thiazole rings is 1. The van der Waals surface area contributed by atoms with E-state index in [1.165, 1.54) is 15.8 Å². The molecule has 0 atom stereocenters. The van der Waals surface area contributed by atoms with E-state index in [-0.39, 0.29) is 0 Å². The van der Waals surface area contributed by atoms with Gasteiger partial charge in [0.2, 0.25) is 0 Å². The van der Waals surface area contributed by atoms with Crippen LogP contribution in [-0.4, -0.2) is 17.1 Å². The Hall–Kier alpha value is -1.20. The summed E-state index contributed by atoms with van der Waals surface area (Å²) >= 11 is 6.65. The summed E-state index contributed by atoms with van der Waals surface area (Å²) in [5.41, 5.74) is 3.58. The van der Waals surface area contributed by atoms with Crippen molar-refractivity contribution in [1.29, 1.82) is 0 Å². The molecule has 1 aromatic carbocycles. The second-order valence-corrected chi connectivity index (χ2v) is 5.07. The Morgan fingerprint density at radius 3 is 2.69 bits per heavy atom. The van der Waals surface area contributed by atoms with E-state index in [0.717, 1.165) is 10.6 Å². The SMILES string of the molecule is CNC(=S)Nc1nc2cc(C)c(C)cc2s1. The predicted molar refractivity (Wildman–Crippen MR) is 74.4 cm³/mol. The van der Waals surface area contributed by atoms with Crippen LogP contribution in [0.5, 0.6) is 0 Å². The van der Waals surface area contributed by atoms with Gasteiger partial charge in [-0.15, -0.1) is 0 Å². The molecule has 5 heteroatoms. The lowest BCUT2D eigenvalue weighted by Gasteiger charge is -2.00. The summed E-state index contributed by atoms with van der Waals surface area (Å²) in [6.45, 7) is 4.21. The number of benzene rings is 1. The number of nitrogens with one attached hydrogen (secondary N) is 2. The standard InChI is InChI=1S/C11H13N3S2/c1-6-4-8-9(5-7(6)2)16-11(13-8)14-10(15)12-3/h4-5H,1-3H3,(H2,12,13,14,15). The van der Waals surface area contributed by atoms with Gasteiger partial charge in [0.15, 0.2) is 10.2 Å². The largest absolute Gasteiger partial charge is 0.365 e. The van der Waals surface area contributed by atoms with E-state index >= 15 is 0 Å². The van der Waals surface area contributed by atoms with Gasteiger partial charge in [-0.3, -0.25) is 0 Å². The molecule has 0 unspecified atom stereocenters. The number of anilines is 1. The molecule has 0 radical (unpaired) electrons. The molecule has 2 aromatic rings. The zero-order valence-corrected chi connectivity index (χ0v) is 11.1. The summed E-state index contributed by atoms with van der Waals surface area (Å²) in [6, 6.07) is 4.27. The van der Waals surface area contributed by atoms with Crippen LogP contribution in [0.25, 0.3) is 10.2 Å². The molecule has 0 aliphatic carbocycles. The fourth-order valence-corrected chi connectivity index (χ4v) is 2.50. The van der Waals surface area contributed by atoms with Crippen LogP contribution >= 0.6 is 23.6 Å². The summed E-state index contributed by atoms with van der Waals surface area (Å²) in [5.74, 6) is 0. The molecule has 0 aliphatic heterocycles. The zero-order chi connectivity index (χ0) is 11.7. The molecule has 0 amide bonds. The first-order chi connectivity index (χ1) is 7.60. The highest BCUT2D eigenvalue weighted by Gasteiger charge is 2.06. The van der Waals surface area contributed by atoms with Crippen molar-refractivity contribution in [2.45, 2.75) is 13.8 Å². The van der Waals surface area contributed by atoms with Gasteiger partial charge in [-0.2, -0.15) is 0 Å². The molecule has 0 saturated carbocycles. The molecule has 0 aliphatic rings. The Kier molecular flexibility index (Phi) is 3.07. The molecule has 2 N–H and O–H groups in total. The van der Waals surface area contributed by atoms with Crippen molar-refractivity contribution < 1.29 is 0 Å². The summed E-state index contributed by atoms with van der Waals surface area (Å²) in [5, 5.41) is 7.34. The van der Waals surface area contributed by atoms with E-state index in [1.807, 2.05) is 0 Å². The third-order valence-corrected chi connectivity index (χ3v) is 3.69. The van der Waals surface area contributed by atoms with Gasteiger partial charge in [0, 0.05) is 7.05 Å². The number of aryl methyl sites for hydroxylation is 2. The highest BCUT2D eigenvalue weighted by molar-refractivity contribution is 7.80. The van der Waals surface area contributed by atoms with Gasteiger partial charge in [-0.25, -0.2) is 4.98 Å². The molecule has 1 aromatic heterocycles. The minimum absolute atomic E-state index is 0.590. The van der Waals surface area contributed by atoms with Crippen LogP contribution in [0.4, 0.5) is 5.13 Å². The van der Waals surface area contributed by atoms with Crippen LogP contribution < -0.4 is 10.6 Å². The predicted octanol–water partition coefficient (Wildman–Crippen LogP) is 2.83. The van der Waals surface area contributed by atoms with Crippen molar-refractivity contribution in [3.05, 3.63) is 23.3 Å². The second kappa shape index (κ2) is 4.35. The van der Waals surface area contributed by atoms with Crippen LogP contribution in [0.15, 0.2) is 12.1 Å². The monoisotopic (exact) mass is 251 g/mol. The lowest BCUT2D eigenvalue weighted by Crippen LogP contribution is -2.23. The van der Waals surface area contributed by atoms with Gasteiger partial charge >= 0.3 is 0 Å². The minimum atomic E-state index is 0.590. The number of rotatable bonds is 1. The van der Waals surface area contributed by atoms with Crippen molar-refractivity contribution in [2.75, 3.05) is 12.4 Å². The maximum absolute atomic E-state index is 5.04. The number of aromatic nitrogens is 1. The van der Waals surface area contributed by atoms with Crippen LogP contribution in [0.3, 0.4) is 0 Å². The van der Waals surface area contributed by atoms with Crippen molar-refractivity contribution in [2.24, 2.45) is 0 Å². The summed E-state index contributed by atoms with van der Waals surface area (Å²) in [6.07, 6.45) is 0. The van der Waals surface area contributed by atoms with Gasteiger partial charge in [-0.05, 0) is 49.3 Å². The van der Waals surface area contributed by atoms with E-state index in [9.17, 15) is 0 Å². The molecule has 84 valence electrons.